The highest BCUT2D eigenvalue weighted by Gasteiger charge is 2.30. The lowest BCUT2D eigenvalue weighted by atomic mass is 9.88. The van der Waals surface area contributed by atoms with E-state index in [1.54, 1.807) is 6.26 Å². The van der Waals surface area contributed by atoms with Crippen molar-refractivity contribution in [2.24, 2.45) is 0 Å². The van der Waals surface area contributed by atoms with Crippen molar-refractivity contribution in [3.63, 3.8) is 0 Å². The Hall–Kier alpha value is -0.320. The van der Waals surface area contributed by atoms with Gasteiger partial charge in [-0.1, -0.05) is 0 Å². The first kappa shape index (κ1) is 10.2. The van der Waals surface area contributed by atoms with E-state index in [-0.39, 0.29) is 0 Å². The molecule has 0 saturated carbocycles. The fourth-order valence-electron chi connectivity index (χ4n) is 1.84. The molecule has 1 aromatic rings. The van der Waals surface area contributed by atoms with E-state index in [0.29, 0.717) is 6.42 Å². The van der Waals surface area contributed by atoms with Crippen LogP contribution in [0.25, 0.3) is 0 Å². The van der Waals surface area contributed by atoms with Gasteiger partial charge in [-0.05, 0) is 47.9 Å². The van der Waals surface area contributed by atoms with E-state index in [2.05, 4.69) is 21.2 Å². The van der Waals surface area contributed by atoms with Crippen molar-refractivity contribution >= 4 is 15.9 Å². The molecular weight excluding hydrogens is 246 g/mol. The highest BCUT2D eigenvalue weighted by Crippen LogP contribution is 2.25. The van der Waals surface area contributed by atoms with Crippen LogP contribution in [0.3, 0.4) is 0 Å². The van der Waals surface area contributed by atoms with E-state index in [1.165, 1.54) is 0 Å². The first-order chi connectivity index (χ1) is 6.68. The largest absolute Gasteiger partial charge is 0.468 e. The molecule has 2 heterocycles. The van der Waals surface area contributed by atoms with Crippen LogP contribution in [0.4, 0.5) is 0 Å². The minimum Gasteiger partial charge on any atom is -0.468 e. The third kappa shape index (κ3) is 2.38. The summed E-state index contributed by atoms with van der Waals surface area (Å²) in [7, 11) is 0. The molecule has 1 aromatic heterocycles. The lowest BCUT2D eigenvalue weighted by Crippen LogP contribution is -2.43. The van der Waals surface area contributed by atoms with Crippen LogP contribution in [0.15, 0.2) is 21.2 Å². The van der Waals surface area contributed by atoms with Crippen molar-refractivity contribution in [3.8, 4) is 0 Å². The summed E-state index contributed by atoms with van der Waals surface area (Å²) in [5.41, 5.74) is -0.581. The highest BCUT2D eigenvalue weighted by atomic mass is 79.9. The highest BCUT2D eigenvalue weighted by molar-refractivity contribution is 9.10. The normalized spacial score (nSPS) is 21.0. The van der Waals surface area contributed by atoms with Gasteiger partial charge in [0.15, 0.2) is 0 Å². The van der Waals surface area contributed by atoms with E-state index in [9.17, 15) is 5.11 Å². The van der Waals surface area contributed by atoms with Crippen molar-refractivity contribution in [2.75, 3.05) is 13.1 Å². The van der Waals surface area contributed by atoms with Gasteiger partial charge in [0.25, 0.3) is 0 Å². The first-order valence-corrected chi connectivity index (χ1v) is 5.63. The predicted molar refractivity (Wildman–Crippen MR) is 57.2 cm³/mol. The predicted octanol–water partition coefficient (Wildman–Crippen LogP) is 1.70. The fraction of sp³-hybridized carbons (Fsp3) is 0.600. The third-order valence-corrected chi connectivity index (χ3v) is 3.08. The van der Waals surface area contributed by atoms with Gasteiger partial charge >= 0.3 is 0 Å². The van der Waals surface area contributed by atoms with Gasteiger partial charge in [0.2, 0.25) is 0 Å². The first-order valence-electron chi connectivity index (χ1n) is 4.84. The Kier molecular flexibility index (Phi) is 2.95. The Balaban J connectivity index is 2.01. The van der Waals surface area contributed by atoms with Crippen LogP contribution in [0.5, 0.6) is 0 Å². The molecular formula is C10H14BrNO2. The smallest absolute Gasteiger partial charge is 0.107 e. The van der Waals surface area contributed by atoms with Crippen LogP contribution in [0.2, 0.25) is 0 Å². The summed E-state index contributed by atoms with van der Waals surface area (Å²) < 4.78 is 6.24. The molecule has 2 N–H and O–H groups in total. The summed E-state index contributed by atoms with van der Waals surface area (Å²) >= 11 is 3.33. The second-order valence-corrected chi connectivity index (χ2v) is 4.80. The van der Waals surface area contributed by atoms with E-state index in [1.807, 2.05) is 6.07 Å². The number of hydrogen-bond acceptors (Lipinski definition) is 3. The zero-order valence-electron chi connectivity index (χ0n) is 7.92. The molecule has 78 valence electrons. The van der Waals surface area contributed by atoms with Gasteiger partial charge < -0.3 is 14.8 Å². The maximum atomic E-state index is 10.2. The summed E-state index contributed by atoms with van der Waals surface area (Å²) in [6, 6.07) is 1.92. The molecule has 0 aliphatic carbocycles. The third-order valence-electron chi connectivity index (χ3n) is 2.66. The van der Waals surface area contributed by atoms with Gasteiger partial charge in [-0.3, -0.25) is 0 Å². The van der Waals surface area contributed by atoms with Crippen molar-refractivity contribution in [2.45, 2.75) is 24.9 Å². The van der Waals surface area contributed by atoms with E-state index in [0.717, 1.165) is 36.2 Å². The Morgan fingerprint density at radius 1 is 1.50 bits per heavy atom. The molecule has 0 amide bonds. The van der Waals surface area contributed by atoms with Crippen LogP contribution >= 0.6 is 15.9 Å². The zero-order chi connectivity index (χ0) is 10.0. The number of nitrogens with one attached hydrogen (secondary N) is 1. The molecule has 2 rings (SSSR count). The standard InChI is InChI=1S/C10H14BrNO2/c11-8-5-9(14-7-8)6-10(13)1-3-12-4-2-10/h5,7,12-13H,1-4,6H2. The Bertz CT molecular complexity index is 305. The molecule has 14 heavy (non-hydrogen) atoms. The average molecular weight is 260 g/mol. The van der Waals surface area contributed by atoms with Crippen molar-refractivity contribution in [1.29, 1.82) is 0 Å². The molecule has 0 spiro atoms. The fourth-order valence-corrected chi connectivity index (χ4v) is 2.19. The van der Waals surface area contributed by atoms with Crippen molar-refractivity contribution in [3.05, 3.63) is 22.6 Å². The number of piperidine rings is 1. The Labute approximate surface area is 91.6 Å². The van der Waals surface area contributed by atoms with E-state index in [4.69, 9.17) is 4.42 Å². The minimum atomic E-state index is -0.581. The lowest BCUT2D eigenvalue weighted by Gasteiger charge is -2.31. The molecule has 0 atom stereocenters. The number of rotatable bonds is 2. The lowest BCUT2D eigenvalue weighted by molar-refractivity contribution is 0.00661. The summed E-state index contributed by atoms with van der Waals surface area (Å²) in [6.07, 6.45) is 3.86. The van der Waals surface area contributed by atoms with Crippen LogP contribution in [0.1, 0.15) is 18.6 Å². The molecule has 1 fully saturated rings. The van der Waals surface area contributed by atoms with E-state index < -0.39 is 5.60 Å². The number of hydrogen-bond donors (Lipinski definition) is 2. The second-order valence-electron chi connectivity index (χ2n) is 3.88. The molecule has 1 aliphatic heterocycles. The molecule has 1 saturated heterocycles. The van der Waals surface area contributed by atoms with Crippen LogP contribution in [0, 0.1) is 0 Å². The van der Waals surface area contributed by atoms with Crippen LogP contribution < -0.4 is 5.32 Å². The molecule has 0 radical (unpaired) electrons. The molecule has 0 bridgehead atoms. The topological polar surface area (TPSA) is 45.4 Å². The summed E-state index contributed by atoms with van der Waals surface area (Å²) in [5.74, 6) is 0.848. The van der Waals surface area contributed by atoms with Gasteiger partial charge in [0.1, 0.15) is 12.0 Å². The van der Waals surface area contributed by atoms with Gasteiger partial charge in [-0.2, -0.15) is 0 Å². The molecule has 4 heteroatoms. The summed E-state index contributed by atoms with van der Waals surface area (Å²) in [5, 5.41) is 13.4. The molecule has 0 unspecified atom stereocenters. The van der Waals surface area contributed by atoms with Crippen molar-refractivity contribution in [1.82, 2.24) is 5.32 Å². The number of aliphatic hydroxyl groups is 1. The SMILES string of the molecule is OC1(Cc2cc(Br)co2)CCNCC1. The maximum absolute atomic E-state index is 10.2. The maximum Gasteiger partial charge on any atom is 0.107 e. The minimum absolute atomic E-state index is 0.581. The molecule has 1 aliphatic rings. The van der Waals surface area contributed by atoms with Crippen LogP contribution in [-0.2, 0) is 6.42 Å². The van der Waals surface area contributed by atoms with E-state index >= 15 is 0 Å². The average Bonchev–Trinajstić information content (AvgIpc) is 2.51. The number of furan rings is 1. The van der Waals surface area contributed by atoms with Crippen molar-refractivity contribution < 1.29 is 9.52 Å². The zero-order valence-corrected chi connectivity index (χ0v) is 9.51. The van der Waals surface area contributed by atoms with Gasteiger partial charge in [0, 0.05) is 6.42 Å². The second kappa shape index (κ2) is 4.04. The Morgan fingerprint density at radius 2 is 2.21 bits per heavy atom. The van der Waals surface area contributed by atoms with Crippen LogP contribution in [-0.4, -0.2) is 23.8 Å². The van der Waals surface area contributed by atoms with Gasteiger partial charge in [0.05, 0.1) is 10.1 Å². The van der Waals surface area contributed by atoms with Gasteiger partial charge in [-0.25, -0.2) is 0 Å². The summed E-state index contributed by atoms with van der Waals surface area (Å²) in [6.45, 7) is 1.77. The monoisotopic (exact) mass is 259 g/mol. The Morgan fingerprint density at radius 3 is 2.79 bits per heavy atom. The van der Waals surface area contributed by atoms with Gasteiger partial charge in [-0.15, -0.1) is 0 Å². The number of halogens is 1. The molecule has 3 nitrogen and oxygen atoms in total. The summed E-state index contributed by atoms with van der Waals surface area (Å²) in [4.78, 5) is 0. The molecule has 0 aromatic carbocycles. The quantitative estimate of drug-likeness (QED) is 0.850.